The molecule has 5 nitrogen and oxygen atoms in total. The van der Waals surface area contributed by atoms with Gasteiger partial charge in [0, 0.05) is 29.6 Å². The molecule has 1 fully saturated rings. The second kappa shape index (κ2) is 9.33. The number of likely N-dealkylation sites (tertiary alicyclic amines) is 1. The first kappa shape index (κ1) is 21.6. The van der Waals surface area contributed by atoms with Gasteiger partial charge in [-0.1, -0.05) is 25.1 Å². The number of pyridine rings is 1. The molecule has 4 aromatic rings. The summed E-state index contributed by atoms with van der Waals surface area (Å²) in [6, 6.07) is 16.7. The summed E-state index contributed by atoms with van der Waals surface area (Å²) >= 11 is 1.62. The molecule has 0 amide bonds. The number of fused-ring (bicyclic) bond motifs is 1. The highest BCUT2D eigenvalue weighted by molar-refractivity contribution is 7.08. The first-order chi connectivity index (χ1) is 16.1. The molecule has 1 atom stereocenters. The van der Waals surface area contributed by atoms with Crippen molar-refractivity contribution < 1.29 is 5.11 Å². The van der Waals surface area contributed by atoms with E-state index in [4.69, 9.17) is 0 Å². The fraction of sp³-hybridized carbons (Fsp3) is 0.259. The van der Waals surface area contributed by atoms with Crippen molar-refractivity contribution in [2.45, 2.75) is 38.8 Å². The third-order valence-electron chi connectivity index (χ3n) is 6.53. The van der Waals surface area contributed by atoms with Crippen LogP contribution < -0.4 is 5.56 Å². The van der Waals surface area contributed by atoms with Gasteiger partial charge < -0.3 is 5.11 Å². The van der Waals surface area contributed by atoms with Crippen molar-refractivity contribution in [2.75, 3.05) is 6.54 Å². The minimum atomic E-state index is -0.312. The van der Waals surface area contributed by atoms with Crippen molar-refractivity contribution in [2.24, 2.45) is 4.99 Å². The van der Waals surface area contributed by atoms with Gasteiger partial charge in [-0.25, -0.2) is 0 Å². The maximum absolute atomic E-state index is 12.4. The molecule has 33 heavy (non-hydrogen) atoms. The van der Waals surface area contributed by atoms with Crippen molar-refractivity contribution in [1.82, 2.24) is 9.88 Å². The molecule has 1 aliphatic heterocycles. The standard InChI is InChI=1S/C27H27N3O2S/c1-2-22-4-3-12-30(22)16-18-5-8-21(9-6-18)28-15-25-24-14-19(20-11-13-33-17-20)7-10-23(24)26(31)29-27(25)32/h5-11,13-15,17,22H,2-4,12,16H2,1H3,(H2,29,31,32)/t22-/m0/s1. The Balaban J connectivity index is 1.43. The van der Waals surface area contributed by atoms with Gasteiger partial charge in [-0.2, -0.15) is 11.3 Å². The zero-order valence-corrected chi connectivity index (χ0v) is 19.4. The zero-order valence-electron chi connectivity index (χ0n) is 18.6. The van der Waals surface area contributed by atoms with Gasteiger partial charge in [-0.15, -0.1) is 0 Å². The number of rotatable bonds is 6. The fourth-order valence-corrected chi connectivity index (χ4v) is 5.37. The smallest absolute Gasteiger partial charge is 0.258 e. The molecule has 0 saturated carbocycles. The summed E-state index contributed by atoms with van der Waals surface area (Å²) < 4.78 is 0. The molecule has 0 aliphatic carbocycles. The second-order valence-corrected chi connectivity index (χ2v) is 9.37. The number of nitrogens with one attached hydrogen (secondary N) is 1. The van der Waals surface area contributed by atoms with Crippen molar-refractivity contribution >= 4 is 34.0 Å². The average molecular weight is 458 g/mol. The Morgan fingerprint density at radius 1 is 1.15 bits per heavy atom. The van der Waals surface area contributed by atoms with E-state index in [1.54, 1.807) is 23.6 Å². The lowest BCUT2D eigenvalue weighted by Gasteiger charge is -2.23. The number of H-pyrrole nitrogens is 1. The van der Waals surface area contributed by atoms with Gasteiger partial charge in [-0.3, -0.25) is 19.7 Å². The highest BCUT2D eigenvalue weighted by atomic mass is 32.1. The SMILES string of the molecule is CC[C@H]1CCCN1Cc1ccc(N=Cc2c(O)[nH]c(=O)c3ccc(-c4ccsc4)cc23)cc1. The molecule has 1 aliphatic rings. The number of nitrogens with zero attached hydrogens (tertiary/aromatic N) is 2. The predicted octanol–water partition coefficient (Wildman–Crippen LogP) is 6.09. The molecule has 2 aromatic heterocycles. The first-order valence-corrected chi connectivity index (χ1v) is 12.4. The molecule has 2 aromatic carbocycles. The highest BCUT2D eigenvalue weighted by Crippen LogP contribution is 2.29. The van der Waals surface area contributed by atoms with Gasteiger partial charge in [-0.05, 0) is 83.6 Å². The summed E-state index contributed by atoms with van der Waals surface area (Å²) in [4.78, 5) is 22.1. The van der Waals surface area contributed by atoms with E-state index in [1.165, 1.54) is 31.4 Å². The van der Waals surface area contributed by atoms with Gasteiger partial charge in [0.2, 0.25) is 5.88 Å². The molecule has 2 N–H and O–H groups in total. The van der Waals surface area contributed by atoms with Crippen LogP contribution in [0.4, 0.5) is 5.69 Å². The van der Waals surface area contributed by atoms with Crippen LogP contribution in [0.1, 0.15) is 37.3 Å². The minimum absolute atomic E-state index is 0.171. The molecule has 6 heteroatoms. The van der Waals surface area contributed by atoms with Crippen LogP contribution in [0.25, 0.3) is 21.9 Å². The molecule has 168 valence electrons. The number of aromatic hydroxyl groups is 1. The van der Waals surface area contributed by atoms with Crippen molar-refractivity contribution in [3.63, 3.8) is 0 Å². The van der Waals surface area contributed by atoms with Crippen LogP contribution in [0.2, 0.25) is 0 Å². The fourth-order valence-electron chi connectivity index (χ4n) is 4.70. The van der Waals surface area contributed by atoms with Crippen LogP contribution >= 0.6 is 11.3 Å². The quantitative estimate of drug-likeness (QED) is 0.344. The molecular formula is C27H27N3O2S. The van der Waals surface area contributed by atoms with E-state index < -0.39 is 0 Å². The van der Waals surface area contributed by atoms with Crippen LogP contribution in [0.5, 0.6) is 5.88 Å². The number of aromatic nitrogens is 1. The lowest BCUT2D eigenvalue weighted by atomic mass is 10.0. The van der Waals surface area contributed by atoms with Gasteiger partial charge in [0.15, 0.2) is 0 Å². The second-order valence-electron chi connectivity index (χ2n) is 8.59. The molecule has 0 bridgehead atoms. The summed E-state index contributed by atoms with van der Waals surface area (Å²) in [6.07, 6.45) is 5.41. The molecule has 0 unspecified atom stereocenters. The summed E-state index contributed by atoms with van der Waals surface area (Å²) in [5, 5.41) is 15.8. The summed E-state index contributed by atoms with van der Waals surface area (Å²) in [7, 11) is 0. The number of benzene rings is 2. The highest BCUT2D eigenvalue weighted by Gasteiger charge is 2.22. The van der Waals surface area contributed by atoms with E-state index >= 15 is 0 Å². The van der Waals surface area contributed by atoms with E-state index in [0.717, 1.165) is 23.4 Å². The Bertz CT molecular complexity index is 1340. The monoisotopic (exact) mass is 457 g/mol. The molecule has 1 saturated heterocycles. The van der Waals surface area contributed by atoms with Gasteiger partial charge >= 0.3 is 0 Å². The summed E-state index contributed by atoms with van der Waals surface area (Å²) in [5.74, 6) is -0.171. The van der Waals surface area contributed by atoms with Crippen LogP contribution in [-0.2, 0) is 6.54 Å². The van der Waals surface area contributed by atoms with Crippen LogP contribution in [0, 0.1) is 0 Å². The topological polar surface area (TPSA) is 68.7 Å². The van der Waals surface area contributed by atoms with E-state index in [0.29, 0.717) is 22.4 Å². The molecular weight excluding hydrogens is 430 g/mol. The van der Waals surface area contributed by atoms with Crippen LogP contribution in [0.15, 0.2) is 69.1 Å². The Labute approximate surface area is 197 Å². The number of aromatic amines is 1. The van der Waals surface area contributed by atoms with Crippen LogP contribution in [0.3, 0.4) is 0 Å². The van der Waals surface area contributed by atoms with Gasteiger partial charge in [0.25, 0.3) is 5.56 Å². The first-order valence-electron chi connectivity index (χ1n) is 11.4. The zero-order chi connectivity index (χ0) is 22.8. The average Bonchev–Trinajstić information content (AvgIpc) is 3.52. The third-order valence-corrected chi connectivity index (χ3v) is 7.21. The Morgan fingerprint density at radius 2 is 2.00 bits per heavy atom. The molecule has 3 heterocycles. The van der Waals surface area contributed by atoms with Crippen molar-refractivity contribution in [3.05, 3.63) is 80.8 Å². The lowest BCUT2D eigenvalue weighted by Crippen LogP contribution is -2.28. The minimum Gasteiger partial charge on any atom is -0.494 e. The molecule has 0 spiro atoms. The number of hydrogen-bond donors (Lipinski definition) is 2. The normalized spacial score (nSPS) is 16.8. The summed E-state index contributed by atoms with van der Waals surface area (Å²) in [6.45, 7) is 4.41. The Hall–Kier alpha value is -3.22. The lowest BCUT2D eigenvalue weighted by molar-refractivity contribution is 0.240. The third kappa shape index (κ3) is 4.49. The summed E-state index contributed by atoms with van der Waals surface area (Å²) in [5.41, 5.74) is 4.37. The number of hydrogen-bond acceptors (Lipinski definition) is 5. The van der Waals surface area contributed by atoms with E-state index in [9.17, 15) is 9.90 Å². The van der Waals surface area contributed by atoms with Crippen molar-refractivity contribution in [3.8, 4) is 17.0 Å². The Morgan fingerprint density at radius 3 is 2.76 bits per heavy atom. The largest absolute Gasteiger partial charge is 0.494 e. The van der Waals surface area contributed by atoms with Gasteiger partial charge in [0.1, 0.15) is 0 Å². The number of thiophene rings is 1. The number of aliphatic imine (C=N–C) groups is 1. The predicted molar refractivity (Wildman–Crippen MR) is 137 cm³/mol. The van der Waals surface area contributed by atoms with E-state index in [-0.39, 0.29) is 11.4 Å². The maximum Gasteiger partial charge on any atom is 0.258 e. The van der Waals surface area contributed by atoms with E-state index in [2.05, 4.69) is 39.3 Å². The maximum atomic E-state index is 12.4. The van der Waals surface area contributed by atoms with E-state index in [1.807, 2.05) is 35.7 Å². The van der Waals surface area contributed by atoms with Crippen LogP contribution in [-0.4, -0.2) is 33.8 Å². The molecule has 0 radical (unpaired) electrons. The molecule has 5 rings (SSSR count). The van der Waals surface area contributed by atoms with Gasteiger partial charge in [0.05, 0.1) is 11.3 Å². The van der Waals surface area contributed by atoms with Crippen molar-refractivity contribution in [1.29, 1.82) is 0 Å². The Kier molecular flexibility index (Phi) is 6.11.